The van der Waals surface area contributed by atoms with Gasteiger partial charge in [-0.25, -0.2) is 0 Å². The van der Waals surface area contributed by atoms with Crippen molar-refractivity contribution in [3.05, 3.63) is 22.2 Å². The Morgan fingerprint density at radius 3 is 2.44 bits per heavy atom. The van der Waals surface area contributed by atoms with E-state index in [4.69, 9.17) is 0 Å². The van der Waals surface area contributed by atoms with E-state index in [0.29, 0.717) is 0 Å². The van der Waals surface area contributed by atoms with Gasteiger partial charge in [0.1, 0.15) is 0 Å². The Morgan fingerprint density at radius 1 is 1.56 bits per heavy atom. The van der Waals surface area contributed by atoms with Crippen LogP contribution in [0, 0.1) is 0 Å². The maximum Gasteiger partial charge on any atom is -0.00230 e. The third-order valence-corrected chi connectivity index (χ3v) is 2.34. The molecule has 0 aliphatic carbocycles. The van der Waals surface area contributed by atoms with Crippen molar-refractivity contribution in [3.8, 4) is 0 Å². The molecule has 0 N–H and O–H groups in total. The van der Waals surface area contributed by atoms with Gasteiger partial charge >= 0.3 is 0 Å². The molecule has 0 amide bonds. The first-order valence-corrected chi connectivity index (χ1v) is 3.99. The van der Waals surface area contributed by atoms with Gasteiger partial charge < -0.3 is 0 Å². The third-order valence-electron chi connectivity index (χ3n) is 1.15. The number of hydrogen-bond acceptors (Lipinski definition) is 0. The molecule has 0 saturated heterocycles. The van der Waals surface area contributed by atoms with Gasteiger partial charge in [0, 0.05) is 0 Å². The van der Waals surface area contributed by atoms with Gasteiger partial charge in [0.25, 0.3) is 0 Å². The second kappa shape index (κ2) is 4.80. The fourth-order valence-electron chi connectivity index (χ4n) is 0.619. The summed E-state index contributed by atoms with van der Waals surface area (Å²) in [5, 5.41) is 0. The topological polar surface area (TPSA) is 0 Å². The summed E-state index contributed by atoms with van der Waals surface area (Å²) < 4.78 is 1.29. The van der Waals surface area contributed by atoms with Gasteiger partial charge in [0.05, 0.1) is 0 Å². The van der Waals surface area contributed by atoms with Crippen molar-refractivity contribution in [3.63, 3.8) is 0 Å². The summed E-state index contributed by atoms with van der Waals surface area (Å²) in [4.78, 5) is 0. The number of hydrogen-bond donors (Lipinski definition) is 0. The zero-order valence-electron chi connectivity index (χ0n) is 6.24. The standard InChI is InChI=1S/C8H13Br/c1-4-6-7(3)8(9)5-2/h4,6H,5H2,1-3H3/b6-4-,8-7+. The van der Waals surface area contributed by atoms with Crippen LogP contribution in [0.25, 0.3) is 0 Å². The highest BCUT2D eigenvalue weighted by atomic mass is 79.9. The van der Waals surface area contributed by atoms with Gasteiger partial charge in [-0.2, -0.15) is 0 Å². The van der Waals surface area contributed by atoms with Gasteiger partial charge in [-0.3, -0.25) is 0 Å². The van der Waals surface area contributed by atoms with Crippen molar-refractivity contribution >= 4 is 15.9 Å². The number of rotatable bonds is 2. The second-order valence-electron chi connectivity index (χ2n) is 1.94. The first-order valence-electron chi connectivity index (χ1n) is 3.20. The fourth-order valence-corrected chi connectivity index (χ4v) is 0.751. The van der Waals surface area contributed by atoms with Crippen LogP contribution in [0.15, 0.2) is 22.2 Å². The summed E-state index contributed by atoms with van der Waals surface area (Å²) in [6.07, 6.45) is 5.23. The smallest absolute Gasteiger partial charge is 0.00230 e. The highest BCUT2D eigenvalue weighted by molar-refractivity contribution is 9.11. The molecule has 0 saturated carbocycles. The minimum atomic E-state index is 1.08. The van der Waals surface area contributed by atoms with Crippen molar-refractivity contribution in [2.45, 2.75) is 27.2 Å². The van der Waals surface area contributed by atoms with E-state index in [1.54, 1.807) is 0 Å². The lowest BCUT2D eigenvalue weighted by Crippen LogP contribution is -1.72. The first kappa shape index (κ1) is 8.96. The van der Waals surface area contributed by atoms with E-state index in [1.807, 2.05) is 13.0 Å². The Kier molecular flexibility index (Phi) is 4.78. The van der Waals surface area contributed by atoms with Crippen LogP contribution >= 0.6 is 15.9 Å². The largest absolute Gasteiger partial charge is 0.0874 e. The van der Waals surface area contributed by atoms with E-state index in [9.17, 15) is 0 Å². The molecule has 0 aromatic carbocycles. The molecule has 0 heterocycles. The van der Waals surface area contributed by atoms with Crippen molar-refractivity contribution in [1.29, 1.82) is 0 Å². The zero-order chi connectivity index (χ0) is 7.28. The molecule has 0 unspecified atom stereocenters. The Balaban J connectivity index is 4.10. The van der Waals surface area contributed by atoms with Crippen LogP contribution in [0.4, 0.5) is 0 Å². The summed E-state index contributed by atoms with van der Waals surface area (Å²) in [6, 6.07) is 0. The van der Waals surface area contributed by atoms with E-state index < -0.39 is 0 Å². The lowest BCUT2D eigenvalue weighted by atomic mass is 10.2. The SMILES string of the molecule is C/C=C\C(C)=C(\Br)CC. The van der Waals surface area contributed by atoms with Crippen LogP contribution in [0.1, 0.15) is 27.2 Å². The number of halogens is 1. The molecule has 0 aliphatic rings. The molecule has 52 valence electrons. The van der Waals surface area contributed by atoms with E-state index in [-0.39, 0.29) is 0 Å². The Bertz CT molecular complexity index is 132. The van der Waals surface area contributed by atoms with Gasteiger partial charge in [0.2, 0.25) is 0 Å². The summed E-state index contributed by atoms with van der Waals surface area (Å²) in [6.45, 7) is 6.27. The Labute approximate surface area is 65.8 Å². The van der Waals surface area contributed by atoms with Crippen LogP contribution in [0.3, 0.4) is 0 Å². The Morgan fingerprint density at radius 2 is 2.11 bits per heavy atom. The molecule has 0 aromatic heterocycles. The highest BCUT2D eigenvalue weighted by Gasteiger charge is 1.88. The molecular formula is C8H13Br. The van der Waals surface area contributed by atoms with Gasteiger partial charge in [-0.1, -0.05) is 35.0 Å². The molecule has 0 aromatic rings. The van der Waals surface area contributed by atoms with E-state index in [2.05, 4.69) is 35.9 Å². The average Bonchev–Trinajstić information content (AvgIpc) is 1.87. The average molecular weight is 189 g/mol. The lowest BCUT2D eigenvalue weighted by molar-refractivity contribution is 1.18. The molecule has 0 rings (SSSR count). The summed E-state index contributed by atoms with van der Waals surface area (Å²) in [5.74, 6) is 0. The second-order valence-corrected chi connectivity index (χ2v) is 2.90. The van der Waals surface area contributed by atoms with Crippen LogP contribution in [0.2, 0.25) is 0 Å². The van der Waals surface area contributed by atoms with Gasteiger partial charge in [-0.05, 0) is 30.3 Å². The summed E-state index contributed by atoms with van der Waals surface area (Å²) >= 11 is 3.47. The third kappa shape index (κ3) is 3.52. The fraction of sp³-hybridized carbons (Fsp3) is 0.500. The van der Waals surface area contributed by atoms with Crippen molar-refractivity contribution in [1.82, 2.24) is 0 Å². The summed E-state index contributed by atoms with van der Waals surface area (Å²) in [5.41, 5.74) is 1.32. The molecule has 0 radical (unpaired) electrons. The van der Waals surface area contributed by atoms with Crippen molar-refractivity contribution in [2.24, 2.45) is 0 Å². The van der Waals surface area contributed by atoms with Crippen LogP contribution < -0.4 is 0 Å². The maximum absolute atomic E-state index is 3.47. The Hall–Kier alpha value is -0.0400. The highest BCUT2D eigenvalue weighted by Crippen LogP contribution is 2.15. The maximum atomic E-state index is 3.47. The van der Waals surface area contributed by atoms with Crippen LogP contribution in [0.5, 0.6) is 0 Å². The van der Waals surface area contributed by atoms with Crippen LogP contribution in [-0.2, 0) is 0 Å². The van der Waals surface area contributed by atoms with E-state index >= 15 is 0 Å². The van der Waals surface area contributed by atoms with Gasteiger partial charge in [0.15, 0.2) is 0 Å². The lowest BCUT2D eigenvalue weighted by Gasteiger charge is -1.95. The monoisotopic (exact) mass is 188 g/mol. The molecule has 0 nitrogen and oxygen atoms in total. The van der Waals surface area contributed by atoms with Gasteiger partial charge in [-0.15, -0.1) is 0 Å². The van der Waals surface area contributed by atoms with Crippen LogP contribution in [-0.4, -0.2) is 0 Å². The predicted molar refractivity (Wildman–Crippen MR) is 46.7 cm³/mol. The molecule has 0 fully saturated rings. The molecule has 9 heavy (non-hydrogen) atoms. The normalized spacial score (nSPS) is 14.2. The first-order chi connectivity index (χ1) is 4.22. The quantitative estimate of drug-likeness (QED) is 0.581. The van der Waals surface area contributed by atoms with Crippen molar-refractivity contribution < 1.29 is 0 Å². The zero-order valence-corrected chi connectivity index (χ0v) is 7.83. The number of allylic oxidation sites excluding steroid dienone is 4. The van der Waals surface area contributed by atoms with E-state index in [1.165, 1.54) is 10.1 Å². The predicted octanol–water partition coefficient (Wildman–Crippen LogP) is 3.64. The molecular weight excluding hydrogens is 176 g/mol. The minimum absolute atomic E-state index is 1.08. The molecule has 0 spiro atoms. The molecule has 1 heteroatoms. The van der Waals surface area contributed by atoms with E-state index in [0.717, 1.165) is 6.42 Å². The van der Waals surface area contributed by atoms with Crippen molar-refractivity contribution in [2.75, 3.05) is 0 Å². The summed E-state index contributed by atoms with van der Waals surface area (Å²) in [7, 11) is 0. The molecule has 0 bridgehead atoms. The minimum Gasteiger partial charge on any atom is -0.0874 e. The molecule has 0 atom stereocenters. The molecule has 0 aliphatic heterocycles.